The van der Waals surface area contributed by atoms with Gasteiger partial charge in [-0.05, 0) is 38.0 Å². The van der Waals surface area contributed by atoms with Gasteiger partial charge in [0, 0.05) is 11.9 Å². The van der Waals surface area contributed by atoms with Crippen LogP contribution in [0, 0.1) is 0 Å². The largest absolute Gasteiger partial charge is 2.00 e. The molecule has 0 atom stereocenters. The summed E-state index contributed by atoms with van der Waals surface area (Å²) in [6, 6.07) is 0. The van der Waals surface area contributed by atoms with Crippen LogP contribution in [0.1, 0.15) is 65.2 Å². The molecule has 0 saturated carbocycles. The minimum Gasteiger partial charge on any atom is -0.652 e. The molecule has 0 aliphatic rings. The van der Waals surface area contributed by atoms with E-state index in [1.54, 1.807) is 0 Å². The van der Waals surface area contributed by atoms with Gasteiger partial charge in [-0.25, -0.2) is 0 Å². The minimum absolute atomic E-state index is 0. The third kappa shape index (κ3) is 158. The summed E-state index contributed by atoms with van der Waals surface area (Å²) in [5.41, 5.74) is 0. The van der Waals surface area contributed by atoms with E-state index in [0.29, 0.717) is 0 Å². The summed E-state index contributed by atoms with van der Waals surface area (Å²) in [7, 11) is 0. The number of carbonyl (C=O) groups is 4. The molecule has 0 fully saturated rings. The summed E-state index contributed by atoms with van der Waals surface area (Å²) in [5, 5.41) is 52.9. The number of rotatable bonds is 8. The zero-order valence-electron chi connectivity index (χ0n) is 15.9. The third-order valence-electron chi connectivity index (χ3n) is 1.97. The first-order valence-corrected chi connectivity index (χ1v) is 7.16. The molecular weight excluding hydrogens is 524 g/mol. The standard InChI is InChI=1S/2C6H12O2.2CH2O3.3Zn/c2*1-2-3-4-5-6(7)8;2*2-1(3)4;;;/h2*2-5H2,1H3,(H,7,8);2*(H2,2,3,4);;;/q;;;;3*+2/p-6. The van der Waals surface area contributed by atoms with Crippen LogP contribution in [0.4, 0.5) is 9.59 Å². The predicted molar refractivity (Wildman–Crippen MR) is 69.1 cm³/mol. The van der Waals surface area contributed by atoms with Crippen molar-refractivity contribution in [3.8, 4) is 0 Å². The fourth-order valence-corrected chi connectivity index (χ4v) is 1.04. The molecule has 0 N–H and O–H groups in total. The van der Waals surface area contributed by atoms with Crippen molar-refractivity contribution in [1.29, 1.82) is 0 Å². The SMILES string of the molecule is CCCCCC(=O)[O-].CCCCCC(=O)[O-].O=C([O-])[O-].O=C([O-])[O-].[Zn+2].[Zn+2].[Zn+2]. The van der Waals surface area contributed by atoms with Crippen LogP contribution >= 0.6 is 0 Å². The van der Waals surface area contributed by atoms with Crippen molar-refractivity contribution in [2.24, 2.45) is 0 Å². The van der Waals surface area contributed by atoms with Crippen LogP contribution in [0.25, 0.3) is 0 Å². The van der Waals surface area contributed by atoms with E-state index in [9.17, 15) is 19.8 Å². The summed E-state index contributed by atoms with van der Waals surface area (Å²) in [6.45, 7) is 4.07. The molecule has 10 nitrogen and oxygen atoms in total. The van der Waals surface area contributed by atoms with E-state index >= 15 is 0 Å². The topological polar surface area (TPSA) is 207 Å². The Bertz CT molecular complexity index is 301. The Balaban J connectivity index is -0.0000000399. The number of unbranched alkanes of at least 4 members (excludes halogenated alkanes) is 4. The molecule has 0 aliphatic heterocycles. The molecule has 0 saturated heterocycles. The van der Waals surface area contributed by atoms with Crippen LogP contribution in [0.5, 0.6) is 0 Å². The number of hydrogen-bond acceptors (Lipinski definition) is 10. The Morgan fingerprint density at radius 3 is 0.815 bits per heavy atom. The molecule has 13 heteroatoms. The zero-order chi connectivity index (χ0) is 20.0. The normalized spacial score (nSPS) is 7.19. The molecule has 0 spiro atoms. The summed E-state index contributed by atoms with van der Waals surface area (Å²) in [6.07, 6.45) is 1.40. The van der Waals surface area contributed by atoms with Crippen molar-refractivity contribution in [1.82, 2.24) is 0 Å². The molecule has 0 rings (SSSR count). The summed E-state index contributed by atoms with van der Waals surface area (Å²) >= 11 is 0. The molecule has 27 heavy (non-hydrogen) atoms. The van der Waals surface area contributed by atoms with Gasteiger partial charge < -0.3 is 49.8 Å². The fraction of sp³-hybridized carbons (Fsp3) is 0.714. The van der Waals surface area contributed by atoms with E-state index in [1.165, 1.54) is 0 Å². The number of carbonyl (C=O) groups excluding carboxylic acids is 4. The first-order chi connectivity index (χ1) is 11.0. The van der Waals surface area contributed by atoms with Crippen LogP contribution in [0.3, 0.4) is 0 Å². The van der Waals surface area contributed by atoms with E-state index in [-0.39, 0.29) is 71.3 Å². The maximum atomic E-state index is 9.76. The average molecular weight is 546 g/mol. The van der Waals surface area contributed by atoms with E-state index in [4.69, 9.17) is 30.0 Å². The van der Waals surface area contributed by atoms with Crippen LogP contribution in [0.2, 0.25) is 0 Å². The Labute approximate surface area is 197 Å². The number of aliphatic carboxylic acids is 2. The van der Waals surface area contributed by atoms with Crippen molar-refractivity contribution in [2.75, 3.05) is 0 Å². The molecule has 144 valence electrons. The monoisotopic (exact) mass is 542 g/mol. The predicted octanol–water partition coefficient (Wildman–Crippen LogP) is -4.27. The van der Waals surface area contributed by atoms with Gasteiger partial charge in [0.15, 0.2) is 0 Å². The van der Waals surface area contributed by atoms with Crippen molar-refractivity contribution in [3.05, 3.63) is 0 Å². The summed E-state index contributed by atoms with van der Waals surface area (Å²) < 4.78 is 0. The molecule has 0 aliphatic carbocycles. The van der Waals surface area contributed by atoms with Gasteiger partial charge in [0.05, 0.1) is 0 Å². The van der Waals surface area contributed by atoms with Gasteiger partial charge in [-0.15, -0.1) is 0 Å². The first-order valence-electron chi connectivity index (χ1n) is 7.16. The van der Waals surface area contributed by atoms with Gasteiger partial charge >= 0.3 is 58.4 Å². The van der Waals surface area contributed by atoms with Gasteiger partial charge in [0.1, 0.15) is 0 Å². The molecule has 0 unspecified atom stereocenters. The minimum atomic E-state index is -2.33. The average Bonchev–Trinajstić information content (AvgIpc) is 2.38. The fourth-order valence-electron chi connectivity index (χ4n) is 1.04. The van der Waals surface area contributed by atoms with Gasteiger partial charge in [-0.3, -0.25) is 0 Å². The van der Waals surface area contributed by atoms with E-state index in [2.05, 4.69) is 0 Å². The van der Waals surface area contributed by atoms with Crippen molar-refractivity contribution in [2.45, 2.75) is 65.2 Å². The molecule has 0 aromatic heterocycles. The van der Waals surface area contributed by atoms with Crippen LogP contribution in [-0.2, 0) is 68.0 Å². The molecule has 0 amide bonds. The maximum Gasteiger partial charge on any atom is 2.00 e. The zero-order valence-corrected chi connectivity index (χ0v) is 24.8. The van der Waals surface area contributed by atoms with E-state index in [0.717, 1.165) is 38.5 Å². The van der Waals surface area contributed by atoms with Gasteiger partial charge in [0.2, 0.25) is 0 Å². The Morgan fingerprint density at radius 1 is 0.519 bits per heavy atom. The molecule has 0 aromatic rings. The van der Waals surface area contributed by atoms with E-state index in [1.807, 2.05) is 13.8 Å². The Morgan fingerprint density at radius 2 is 0.704 bits per heavy atom. The smallest absolute Gasteiger partial charge is 0.652 e. The van der Waals surface area contributed by atoms with Crippen molar-refractivity contribution in [3.63, 3.8) is 0 Å². The third-order valence-corrected chi connectivity index (χ3v) is 1.97. The van der Waals surface area contributed by atoms with Gasteiger partial charge in [0.25, 0.3) is 0 Å². The van der Waals surface area contributed by atoms with Crippen molar-refractivity contribution >= 4 is 24.2 Å². The van der Waals surface area contributed by atoms with Crippen LogP contribution < -0.4 is 30.6 Å². The second-order valence-corrected chi connectivity index (χ2v) is 4.16. The molecule has 0 radical (unpaired) electrons. The Kier molecular flexibility index (Phi) is 67.2. The summed E-state index contributed by atoms with van der Waals surface area (Å²) in [5.74, 6) is -1.86. The second-order valence-electron chi connectivity index (χ2n) is 4.16. The molecule has 0 bridgehead atoms. The second kappa shape index (κ2) is 40.1. The Hall–Kier alpha value is -0.650. The van der Waals surface area contributed by atoms with Gasteiger partial charge in [-0.2, -0.15) is 0 Å². The number of carboxylic acids is 2. The molecule has 0 heterocycles. The number of carboxylic acid groups (broad SMARTS) is 6. The molecular formula is C14H22O10Zn3. The van der Waals surface area contributed by atoms with Gasteiger partial charge in [-0.1, -0.05) is 39.5 Å². The van der Waals surface area contributed by atoms with Crippen LogP contribution in [-0.4, -0.2) is 24.2 Å². The molecule has 0 aromatic carbocycles. The van der Waals surface area contributed by atoms with Crippen molar-refractivity contribution < 1.29 is 108 Å². The van der Waals surface area contributed by atoms with E-state index < -0.39 is 24.2 Å². The quantitative estimate of drug-likeness (QED) is 0.211. The summed E-state index contributed by atoms with van der Waals surface area (Å²) in [4.78, 5) is 36.2. The maximum absolute atomic E-state index is 9.76. The number of hydrogen-bond donors (Lipinski definition) is 0. The first kappa shape index (κ1) is 45.2. The van der Waals surface area contributed by atoms with Crippen LogP contribution in [0.15, 0.2) is 0 Å².